The van der Waals surface area contributed by atoms with Gasteiger partial charge in [0.1, 0.15) is 24.2 Å². The van der Waals surface area contributed by atoms with Gasteiger partial charge in [0.2, 0.25) is 0 Å². The molecule has 2 aromatic heterocycles. The number of aliphatic hydroxyl groups excluding tert-OH is 1. The van der Waals surface area contributed by atoms with Crippen LogP contribution in [0.5, 0.6) is 17.5 Å². The third kappa shape index (κ3) is 8.90. The average molecular weight is 701 g/mol. The lowest BCUT2D eigenvalue weighted by Gasteiger charge is -2.21. The summed E-state index contributed by atoms with van der Waals surface area (Å²) in [7, 11) is 1.39. The molecule has 0 radical (unpaired) electrons. The second-order valence-electron chi connectivity index (χ2n) is 10.5. The van der Waals surface area contributed by atoms with E-state index in [1.807, 2.05) is 0 Å². The minimum absolute atomic E-state index is 0.0115. The first-order valence-electron chi connectivity index (χ1n) is 15.4. The molecule has 5 rings (SSSR count). The number of rotatable bonds is 15. The van der Waals surface area contributed by atoms with E-state index in [1.165, 1.54) is 31.6 Å². The Morgan fingerprint density at radius 2 is 1.76 bits per heavy atom. The Kier molecular flexibility index (Phi) is 11.7. The summed E-state index contributed by atoms with van der Waals surface area (Å²) in [6, 6.07) is 17.8. The summed E-state index contributed by atoms with van der Waals surface area (Å²) < 4.78 is 38.9. The molecule has 0 saturated heterocycles. The van der Waals surface area contributed by atoms with Crippen molar-refractivity contribution < 1.29 is 43.1 Å². The van der Waals surface area contributed by atoms with Crippen LogP contribution in [-0.2, 0) is 4.74 Å². The summed E-state index contributed by atoms with van der Waals surface area (Å²) in [4.78, 5) is 40.8. The summed E-state index contributed by atoms with van der Waals surface area (Å²) in [5.74, 6) is -1.39. The van der Waals surface area contributed by atoms with Crippen LogP contribution in [-0.4, -0.2) is 79.5 Å². The highest BCUT2D eigenvalue weighted by atomic mass is 19.1. The quantitative estimate of drug-likeness (QED) is 0.0523. The molecular formula is C34H33FN8O8. The fourth-order valence-electron chi connectivity index (χ4n) is 4.65. The Bertz CT molecular complexity index is 1980. The largest absolute Gasteiger partial charge is 0.508 e. The Balaban J connectivity index is 1.58. The van der Waals surface area contributed by atoms with Gasteiger partial charge in [0.05, 0.1) is 13.7 Å². The number of aromatic nitrogens is 5. The van der Waals surface area contributed by atoms with Gasteiger partial charge in [-0.2, -0.15) is 9.98 Å². The van der Waals surface area contributed by atoms with Crippen molar-refractivity contribution >= 4 is 23.6 Å². The van der Waals surface area contributed by atoms with E-state index in [4.69, 9.17) is 24.7 Å². The fourth-order valence-corrected chi connectivity index (χ4v) is 4.65. The number of halogens is 1. The number of amides is 1. The second kappa shape index (κ2) is 16.7. The number of aliphatic hydroxyl groups is 1. The molecule has 0 bridgehead atoms. The van der Waals surface area contributed by atoms with Crippen molar-refractivity contribution in [2.75, 3.05) is 25.6 Å². The number of nitrogens with one attached hydrogen (secondary N) is 1. The van der Waals surface area contributed by atoms with E-state index >= 15 is 4.39 Å². The number of nitrogens with two attached hydrogens (primary N) is 1. The monoisotopic (exact) mass is 700 g/mol. The molecular weight excluding hydrogens is 667 g/mol. The number of amidine groups is 1. The summed E-state index contributed by atoms with van der Waals surface area (Å²) in [6.45, 7) is 1.07. The SMILES string of the molecule is CCC(OC(=O)O)Oc1nc([C@H](Nc2ccc(C(N)=NC(=O)c3ccccc3)cc2)c2cc(OC)cc(OCCO)c2F)nn1-c1ncccn1. The van der Waals surface area contributed by atoms with Gasteiger partial charge in [0.25, 0.3) is 18.1 Å². The molecule has 5 aromatic rings. The Morgan fingerprint density at radius 1 is 1.04 bits per heavy atom. The van der Waals surface area contributed by atoms with Crippen molar-refractivity contribution in [3.05, 3.63) is 114 Å². The third-order valence-electron chi connectivity index (χ3n) is 7.07. The van der Waals surface area contributed by atoms with E-state index < -0.39 is 30.2 Å². The highest BCUT2D eigenvalue weighted by molar-refractivity contribution is 6.08. The topological polar surface area (TPSA) is 218 Å². The van der Waals surface area contributed by atoms with Crippen molar-refractivity contribution in [3.8, 4) is 23.5 Å². The fraction of sp³-hybridized carbons (Fsp3) is 0.206. The zero-order valence-electron chi connectivity index (χ0n) is 27.3. The third-order valence-corrected chi connectivity index (χ3v) is 7.07. The first-order chi connectivity index (χ1) is 24.7. The number of methoxy groups -OCH3 is 1. The molecule has 17 heteroatoms. The minimum atomic E-state index is -1.57. The van der Waals surface area contributed by atoms with Crippen LogP contribution in [0.3, 0.4) is 0 Å². The van der Waals surface area contributed by atoms with Crippen LogP contribution in [0.4, 0.5) is 14.9 Å². The summed E-state index contributed by atoms with van der Waals surface area (Å²) in [6.07, 6.45) is 0.151. The molecule has 0 fully saturated rings. The maximum Gasteiger partial charge on any atom is 0.508 e. The smallest absolute Gasteiger partial charge is 0.497 e. The van der Waals surface area contributed by atoms with Gasteiger partial charge >= 0.3 is 12.2 Å². The minimum Gasteiger partial charge on any atom is -0.497 e. The highest BCUT2D eigenvalue weighted by Crippen LogP contribution is 2.36. The van der Waals surface area contributed by atoms with Crippen LogP contribution in [0.2, 0.25) is 0 Å². The van der Waals surface area contributed by atoms with E-state index in [0.717, 1.165) is 4.68 Å². The van der Waals surface area contributed by atoms with Crippen LogP contribution < -0.4 is 25.3 Å². The molecule has 1 amide bonds. The van der Waals surface area contributed by atoms with Gasteiger partial charge in [0.15, 0.2) is 17.4 Å². The molecule has 0 aliphatic rings. The van der Waals surface area contributed by atoms with Gasteiger partial charge in [-0.05, 0) is 48.5 Å². The number of carbonyl (C=O) groups is 2. The average Bonchev–Trinajstić information content (AvgIpc) is 3.57. The zero-order valence-corrected chi connectivity index (χ0v) is 27.3. The van der Waals surface area contributed by atoms with Crippen molar-refractivity contribution in [2.45, 2.75) is 25.7 Å². The lowest BCUT2D eigenvalue weighted by molar-refractivity contribution is -0.0600. The van der Waals surface area contributed by atoms with Gasteiger partial charge < -0.3 is 40.2 Å². The first kappa shape index (κ1) is 35.7. The predicted molar refractivity (Wildman–Crippen MR) is 180 cm³/mol. The maximum absolute atomic E-state index is 16.3. The van der Waals surface area contributed by atoms with Crippen molar-refractivity contribution in [3.63, 3.8) is 0 Å². The number of hydrogen-bond acceptors (Lipinski definition) is 12. The van der Waals surface area contributed by atoms with Gasteiger partial charge in [-0.1, -0.05) is 25.1 Å². The van der Waals surface area contributed by atoms with Gasteiger partial charge in [0, 0.05) is 47.3 Å². The number of hydrogen-bond donors (Lipinski definition) is 4. The van der Waals surface area contributed by atoms with E-state index in [0.29, 0.717) is 16.8 Å². The van der Waals surface area contributed by atoms with Crippen molar-refractivity contribution in [1.82, 2.24) is 24.7 Å². The van der Waals surface area contributed by atoms with Crippen LogP contribution in [0.15, 0.2) is 90.2 Å². The summed E-state index contributed by atoms with van der Waals surface area (Å²) >= 11 is 0. The molecule has 16 nitrogen and oxygen atoms in total. The first-order valence-corrected chi connectivity index (χ1v) is 15.4. The van der Waals surface area contributed by atoms with E-state index in [2.05, 4.69) is 30.4 Å². The number of carboxylic acid groups (broad SMARTS) is 1. The standard InChI is InChI=1S/C34H33FN8O8/c1-3-26(51-34(46)47)50-33-41-30(42-43(33)32-37-14-7-15-38-32)28(24-18-23(48-2)19-25(27(24)35)49-17-16-44)39-22-12-10-20(11-13-22)29(36)40-31(45)21-8-5-4-6-9-21/h4-15,18-19,26,28,39,44H,3,16-17H2,1-2H3,(H,46,47)(H2,36,40,45)/t26?,28-/m1/s1. The normalized spacial score (nSPS) is 12.4. The lowest BCUT2D eigenvalue weighted by atomic mass is 10.0. The molecule has 3 aromatic carbocycles. The Morgan fingerprint density at radius 3 is 2.41 bits per heavy atom. The lowest BCUT2D eigenvalue weighted by Crippen LogP contribution is -2.24. The van der Waals surface area contributed by atoms with Crippen LogP contribution in [0.25, 0.3) is 5.95 Å². The number of carbonyl (C=O) groups excluding carboxylic acids is 1. The maximum atomic E-state index is 16.3. The van der Waals surface area contributed by atoms with Crippen LogP contribution >= 0.6 is 0 Å². The molecule has 264 valence electrons. The number of benzene rings is 3. The molecule has 0 aliphatic heterocycles. The highest BCUT2D eigenvalue weighted by Gasteiger charge is 2.30. The van der Waals surface area contributed by atoms with Gasteiger partial charge in [-0.15, -0.1) is 9.78 Å². The molecule has 51 heavy (non-hydrogen) atoms. The molecule has 0 saturated carbocycles. The number of nitrogens with zero attached hydrogens (tertiary/aromatic N) is 6. The molecule has 0 aliphatic carbocycles. The molecule has 0 spiro atoms. The zero-order chi connectivity index (χ0) is 36.3. The van der Waals surface area contributed by atoms with Crippen molar-refractivity contribution in [1.29, 1.82) is 0 Å². The van der Waals surface area contributed by atoms with E-state index in [1.54, 1.807) is 67.6 Å². The second-order valence-corrected chi connectivity index (χ2v) is 10.5. The van der Waals surface area contributed by atoms with Crippen LogP contribution in [0.1, 0.15) is 46.7 Å². The number of anilines is 1. The molecule has 2 atom stereocenters. The van der Waals surface area contributed by atoms with Gasteiger partial charge in [-0.25, -0.2) is 19.2 Å². The molecule has 1 unspecified atom stereocenters. The van der Waals surface area contributed by atoms with E-state index in [-0.39, 0.29) is 60.3 Å². The summed E-state index contributed by atoms with van der Waals surface area (Å²) in [5.41, 5.74) is 7.36. The Labute approximate surface area is 290 Å². The predicted octanol–water partition coefficient (Wildman–Crippen LogP) is 4.13. The van der Waals surface area contributed by atoms with E-state index in [9.17, 15) is 19.8 Å². The van der Waals surface area contributed by atoms with Gasteiger partial charge in [-0.3, -0.25) is 4.79 Å². The number of ether oxygens (including phenoxy) is 4. The van der Waals surface area contributed by atoms with Crippen molar-refractivity contribution in [2.24, 2.45) is 10.7 Å². The summed E-state index contributed by atoms with van der Waals surface area (Å²) in [5, 5.41) is 26.3. The Hall–Kier alpha value is -6.62. The number of aliphatic imine (C=N–C) groups is 1. The van der Waals surface area contributed by atoms with Crippen LogP contribution in [0, 0.1) is 5.82 Å². The molecule has 5 N–H and O–H groups in total. The molecule has 2 heterocycles.